The van der Waals surface area contributed by atoms with Crippen LogP contribution in [0.5, 0.6) is 0 Å². The Hall–Kier alpha value is -0.600. The van der Waals surface area contributed by atoms with Gasteiger partial charge in [-0.2, -0.15) is 0 Å². The molecule has 3 saturated carbocycles. The van der Waals surface area contributed by atoms with Crippen molar-refractivity contribution in [3.05, 3.63) is 23.3 Å². The van der Waals surface area contributed by atoms with Crippen molar-refractivity contribution >= 4 is 0 Å². The molecule has 0 aliphatic heterocycles. The predicted molar refractivity (Wildman–Crippen MR) is 81.3 cm³/mol. The molecule has 0 aromatic heterocycles. The van der Waals surface area contributed by atoms with Crippen LogP contribution in [0.25, 0.3) is 0 Å². The fraction of sp³-hybridized carbons (Fsp3) is 0.778. The first kappa shape index (κ1) is 14.3. The Bertz CT molecular complexity index is 411. The summed E-state index contributed by atoms with van der Waals surface area (Å²) >= 11 is 0. The third-order valence-electron chi connectivity index (χ3n) is 5.82. The molecule has 112 valence electrons. The molecule has 0 spiro atoms. The number of hydrogen-bond donors (Lipinski definition) is 2. The molecule has 3 aliphatic rings. The molecule has 2 nitrogen and oxygen atoms in total. The molecule has 2 N–H and O–H groups in total. The minimum Gasteiger partial charge on any atom is -0.393 e. The van der Waals surface area contributed by atoms with Gasteiger partial charge < -0.3 is 10.2 Å². The van der Waals surface area contributed by atoms with Crippen molar-refractivity contribution in [2.24, 2.45) is 11.3 Å². The zero-order valence-electron chi connectivity index (χ0n) is 12.6. The van der Waals surface area contributed by atoms with Crippen LogP contribution in [-0.4, -0.2) is 22.4 Å². The van der Waals surface area contributed by atoms with Gasteiger partial charge in [0.15, 0.2) is 0 Å². The molecule has 0 saturated heterocycles. The number of aliphatic hydroxyl groups excluding tert-OH is 2. The number of fused-ring (bicyclic) bond motifs is 1. The van der Waals surface area contributed by atoms with E-state index in [0.29, 0.717) is 11.8 Å². The minimum atomic E-state index is -0.355. The van der Waals surface area contributed by atoms with E-state index in [4.69, 9.17) is 0 Å². The lowest BCUT2D eigenvalue weighted by Gasteiger charge is -2.38. The quantitative estimate of drug-likeness (QED) is 0.766. The highest BCUT2D eigenvalue weighted by Gasteiger charge is 2.42. The van der Waals surface area contributed by atoms with Crippen LogP contribution >= 0.6 is 0 Å². The van der Waals surface area contributed by atoms with E-state index in [1.54, 1.807) is 5.57 Å². The van der Waals surface area contributed by atoms with Gasteiger partial charge >= 0.3 is 0 Å². The van der Waals surface area contributed by atoms with E-state index in [1.807, 2.05) is 0 Å². The zero-order chi connectivity index (χ0) is 14.2. The van der Waals surface area contributed by atoms with Crippen molar-refractivity contribution in [2.75, 3.05) is 0 Å². The van der Waals surface area contributed by atoms with Gasteiger partial charge in [0.1, 0.15) is 0 Å². The lowest BCUT2D eigenvalue weighted by Crippen LogP contribution is -2.27. The second kappa shape index (κ2) is 5.65. The second-order valence-corrected chi connectivity index (χ2v) is 7.47. The molecule has 3 rings (SSSR count). The van der Waals surface area contributed by atoms with Crippen molar-refractivity contribution in [1.82, 2.24) is 0 Å². The maximum atomic E-state index is 9.76. The molecule has 0 unspecified atom stereocenters. The van der Waals surface area contributed by atoms with Crippen molar-refractivity contribution in [1.29, 1.82) is 0 Å². The second-order valence-electron chi connectivity index (χ2n) is 7.47. The third kappa shape index (κ3) is 2.87. The highest BCUT2D eigenvalue weighted by atomic mass is 16.3. The molecule has 0 heterocycles. The molecule has 3 aliphatic carbocycles. The van der Waals surface area contributed by atoms with E-state index in [-0.39, 0.29) is 12.2 Å². The molecule has 0 radical (unpaired) electrons. The third-order valence-corrected chi connectivity index (χ3v) is 5.82. The largest absolute Gasteiger partial charge is 0.393 e. The maximum absolute atomic E-state index is 9.76. The first-order valence-corrected chi connectivity index (χ1v) is 8.31. The Morgan fingerprint density at radius 1 is 1.05 bits per heavy atom. The van der Waals surface area contributed by atoms with Gasteiger partial charge in [-0.3, -0.25) is 0 Å². The van der Waals surface area contributed by atoms with E-state index in [1.165, 1.54) is 44.1 Å². The average molecular weight is 276 g/mol. The van der Waals surface area contributed by atoms with Crippen LogP contribution in [-0.2, 0) is 0 Å². The number of allylic oxidation sites excluding steroid dienone is 3. The normalized spacial score (nSPS) is 45.9. The van der Waals surface area contributed by atoms with Gasteiger partial charge in [-0.1, -0.05) is 36.6 Å². The van der Waals surface area contributed by atoms with Gasteiger partial charge in [-0.25, -0.2) is 0 Å². The highest BCUT2D eigenvalue weighted by molar-refractivity contribution is 5.25. The molecular formula is C18H28O2. The number of aliphatic hydroxyl groups is 2. The molecule has 20 heavy (non-hydrogen) atoms. The van der Waals surface area contributed by atoms with Crippen LogP contribution in [0.1, 0.15) is 64.7 Å². The Morgan fingerprint density at radius 2 is 1.75 bits per heavy atom. The number of hydrogen-bond acceptors (Lipinski definition) is 2. The van der Waals surface area contributed by atoms with E-state index >= 15 is 0 Å². The van der Waals surface area contributed by atoms with E-state index in [9.17, 15) is 10.2 Å². The molecule has 0 aromatic rings. The number of rotatable bonds is 1. The summed E-state index contributed by atoms with van der Waals surface area (Å²) in [6.07, 6.45) is 13.9. The monoisotopic (exact) mass is 276 g/mol. The van der Waals surface area contributed by atoms with E-state index in [0.717, 1.165) is 18.8 Å². The van der Waals surface area contributed by atoms with Crippen molar-refractivity contribution < 1.29 is 10.2 Å². The van der Waals surface area contributed by atoms with Crippen LogP contribution in [0.15, 0.2) is 23.3 Å². The van der Waals surface area contributed by atoms with Gasteiger partial charge in [0.05, 0.1) is 12.2 Å². The standard InChI is InChI=1S/C18H28O2/c1-18-8-2-4-14(17(18)5-3-9-18)7-6-13-10-15(19)12-16(20)11-13/h6-7,15-17,19-20H,2-5,8-12H2,1H3/b13-6-,14-7+/t15-,16+,17-,18+/m1/s1. The summed E-state index contributed by atoms with van der Waals surface area (Å²) in [5, 5.41) is 19.5. The summed E-state index contributed by atoms with van der Waals surface area (Å²) in [4.78, 5) is 0. The fourth-order valence-corrected chi connectivity index (χ4v) is 4.77. The lowest BCUT2D eigenvalue weighted by molar-refractivity contribution is 0.0609. The van der Waals surface area contributed by atoms with Crippen molar-refractivity contribution in [3.63, 3.8) is 0 Å². The topological polar surface area (TPSA) is 40.5 Å². The Labute approximate surface area is 122 Å². The van der Waals surface area contributed by atoms with Crippen molar-refractivity contribution in [2.45, 2.75) is 76.9 Å². The maximum Gasteiger partial charge on any atom is 0.0602 e. The summed E-state index contributed by atoms with van der Waals surface area (Å²) in [6.45, 7) is 2.47. The summed E-state index contributed by atoms with van der Waals surface area (Å²) in [5.74, 6) is 0.784. The summed E-state index contributed by atoms with van der Waals surface area (Å²) in [7, 11) is 0. The Morgan fingerprint density at radius 3 is 2.50 bits per heavy atom. The van der Waals surface area contributed by atoms with Crippen LogP contribution in [0.2, 0.25) is 0 Å². The molecule has 2 heteroatoms. The van der Waals surface area contributed by atoms with Crippen LogP contribution < -0.4 is 0 Å². The SMILES string of the molecule is C[C@@]12CCC/C(=C\C=C3\C[C@@H](O)C[C@@H](O)C3)[C@H]1CCC2. The van der Waals surface area contributed by atoms with Crippen molar-refractivity contribution in [3.8, 4) is 0 Å². The van der Waals surface area contributed by atoms with Crippen LogP contribution in [0.3, 0.4) is 0 Å². The summed E-state index contributed by atoms with van der Waals surface area (Å²) in [6, 6.07) is 0. The van der Waals surface area contributed by atoms with Gasteiger partial charge in [-0.15, -0.1) is 0 Å². The van der Waals surface area contributed by atoms with E-state index in [2.05, 4.69) is 19.1 Å². The Kier molecular flexibility index (Phi) is 4.05. The van der Waals surface area contributed by atoms with Gasteiger partial charge in [0.2, 0.25) is 0 Å². The Balaban J connectivity index is 1.74. The molecule has 0 amide bonds. The van der Waals surface area contributed by atoms with Gasteiger partial charge in [-0.05, 0) is 62.7 Å². The van der Waals surface area contributed by atoms with Crippen LogP contribution in [0.4, 0.5) is 0 Å². The first-order chi connectivity index (χ1) is 9.57. The highest BCUT2D eigenvalue weighted by Crippen LogP contribution is 2.54. The molecule has 0 bridgehead atoms. The first-order valence-electron chi connectivity index (χ1n) is 8.31. The van der Waals surface area contributed by atoms with Gasteiger partial charge in [0.25, 0.3) is 0 Å². The predicted octanol–water partition coefficient (Wildman–Crippen LogP) is 3.74. The zero-order valence-corrected chi connectivity index (χ0v) is 12.6. The minimum absolute atomic E-state index is 0.355. The molecule has 0 aromatic carbocycles. The molecular weight excluding hydrogens is 248 g/mol. The van der Waals surface area contributed by atoms with Crippen LogP contribution in [0, 0.1) is 11.3 Å². The molecule has 3 fully saturated rings. The van der Waals surface area contributed by atoms with Gasteiger partial charge in [0, 0.05) is 0 Å². The smallest absolute Gasteiger partial charge is 0.0602 e. The molecule has 4 atom stereocenters. The average Bonchev–Trinajstić information content (AvgIpc) is 2.77. The van der Waals surface area contributed by atoms with E-state index < -0.39 is 0 Å². The summed E-state index contributed by atoms with van der Waals surface area (Å²) in [5.41, 5.74) is 3.39. The fourth-order valence-electron chi connectivity index (χ4n) is 4.77. The lowest BCUT2D eigenvalue weighted by atomic mass is 9.67. The summed E-state index contributed by atoms with van der Waals surface area (Å²) < 4.78 is 0.